The second-order valence-electron chi connectivity index (χ2n) is 5.98. The Kier molecular flexibility index (Phi) is 3.75. The molecule has 0 aliphatic carbocycles. The standard InChI is InChI=1S/C14H22N4O/c1-10-8-11(9-12(16-10)17-15)13(19)18-6-4-14(2,3)5-7-18/h8-9H,4-7,15H2,1-3H3,(H,16,17). The van der Waals surface area contributed by atoms with E-state index in [-0.39, 0.29) is 5.91 Å². The molecule has 1 aromatic rings. The van der Waals surface area contributed by atoms with Crippen LogP contribution in [0.5, 0.6) is 0 Å². The van der Waals surface area contributed by atoms with E-state index < -0.39 is 0 Å². The largest absolute Gasteiger partial charge is 0.339 e. The Morgan fingerprint density at radius 1 is 1.37 bits per heavy atom. The Bertz CT molecular complexity index is 474. The molecule has 1 aliphatic rings. The lowest BCUT2D eigenvalue weighted by Crippen LogP contribution is -2.41. The molecular formula is C14H22N4O. The lowest BCUT2D eigenvalue weighted by atomic mass is 9.82. The highest BCUT2D eigenvalue weighted by Crippen LogP contribution is 2.30. The summed E-state index contributed by atoms with van der Waals surface area (Å²) in [6, 6.07) is 3.51. The smallest absolute Gasteiger partial charge is 0.254 e. The highest BCUT2D eigenvalue weighted by Gasteiger charge is 2.28. The van der Waals surface area contributed by atoms with Crippen LogP contribution in [0.25, 0.3) is 0 Å². The Labute approximate surface area is 114 Å². The third-order valence-electron chi connectivity index (χ3n) is 3.75. The number of aryl methyl sites for hydroxylation is 1. The molecule has 3 N–H and O–H groups in total. The second-order valence-corrected chi connectivity index (χ2v) is 5.98. The molecule has 1 amide bonds. The van der Waals surface area contributed by atoms with Gasteiger partial charge in [-0.2, -0.15) is 0 Å². The minimum Gasteiger partial charge on any atom is -0.339 e. The number of piperidine rings is 1. The summed E-state index contributed by atoms with van der Waals surface area (Å²) in [5, 5.41) is 0. The molecule has 0 bridgehead atoms. The molecule has 0 saturated carbocycles. The van der Waals surface area contributed by atoms with Gasteiger partial charge >= 0.3 is 0 Å². The number of nitrogen functional groups attached to an aromatic ring is 1. The van der Waals surface area contributed by atoms with Gasteiger partial charge in [0.05, 0.1) is 0 Å². The number of hydrazine groups is 1. The van der Waals surface area contributed by atoms with Crippen LogP contribution in [0.3, 0.4) is 0 Å². The van der Waals surface area contributed by atoms with E-state index in [2.05, 4.69) is 24.3 Å². The van der Waals surface area contributed by atoms with E-state index in [0.29, 0.717) is 16.8 Å². The Morgan fingerprint density at radius 2 is 2.00 bits per heavy atom. The highest BCUT2D eigenvalue weighted by molar-refractivity contribution is 5.95. The number of rotatable bonds is 2. The lowest BCUT2D eigenvalue weighted by molar-refractivity contribution is 0.0630. The summed E-state index contributed by atoms with van der Waals surface area (Å²) in [5.74, 6) is 5.96. The molecule has 2 heterocycles. The van der Waals surface area contributed by atoms with Crippen molar-refractivity contribution < 1.29 is 4.79 Å². The third kappa shape index (κ3) is 3.23. The van der Waals surface area contributed by atoms with Crippen LogP contribution >= 0.6 is 0 Å². The minimum absolute atomic E-state index is 0.0671. The predicted molar refractivity (Wildman–Crippen MR) is 75.7 cm³/mol. The van der Waals surface area contributed by atoms with Crippen molar-refractivity contribution in [3.63, 3.8) is 0 Å². The summed E-state index contributed by atoms with van der Waals surface area (Å²) in [6.07, 6.45) is 2.09. The number of carbonyl (C=O) groups excluding carboxylic acids is 1. The maximum Gasteiger partial charge on any atom is 0.254 e. The van der Waals surface area contributed by atoms with Crippen molar-refractivity contribution in [1.29, 1.82) is 0 Å². The maximum atomic E-state index is 12.5. The fraction of sp³-hybridized carbons (Fsp3) is 0.571. The first kappa shape index (κ1) is 13.8. The van der Waals surface area contributed by atoms with Gasteiger partial charge < -0.3 is 10.3 Å². The number of nitrogens with one attached hydrogen (secondary N) is 1. The summed E-state index contributed by atoms with van der Waals surface area (Å²) < 4.78 is 0. The van der Waals surface area contributed by atoms with Crippen molar-refractivity contribution in [2.24, 2.45) is 11.3 Å². The van der Waals surface area contributed by atoms with E-state index in [1.54, 1.807) is 6.07 Å². The molecule has 1 aromatic heterocycles. The van der Waals surface area contributed by atoms with E-state index in [4.69, 9.17) is 5.84 Å². The second kappa shape index (κ2) is 5.17. The molecule has 0 atom stereocenters. The first-order valence-electron chi connectivity index (χ1n) is 6.66. The zero-order chi connectivity index (χ0) is 14.0. The van der Waals surface area contributed by atoms with E-state index in [1.165, 1.54) is 0 Å². The number of pyridine rings is 1. The van der Waals surface area contributed by atoms with Crippen molar-refractivity contribution in [2.75, 3.05) is 18.5 Å². The summed E-state index contributed by atoms with van der Waals surface area (Å²) in [4.78, 5) is 18.6. The van der Waals surface area contributed by atoms with E-state index in [9.17, 15) is 4.79 Å². The molecule has 1 aliphatic heterocycles. The van der Waals surface area contributed by atoms with Gasteiger partial charge in [-0.3, -0.25) is 4.79 Å². The number of amides is 1. The number of aromatic nitrogens is 1. The number of carbonyl (C=O) groups is 1. The van der Waals surface area contributed by atoms with Gasteiger partial charge in [-0.25, -0.2) is 10.8 Å². The SMILES string of the molecule is Cc1cc(C(=O)N2CCC(C)(C)CC2)cc(NN)n1. The number of anilines is 1. The van der Waals surface area contributed by atoms with Gasteiger partial charge in [-0.15, -0.1) is 0 Å². The van der Waals surface area contributed by atoms with Gasteiger partial charge in [-0.1, -0.05) is 13.8 Å². The number of hydrogen-bond donors (Lipinski definition) is 2. The molecule has 1 fully saturated rings. The fourth-order valence-electron chi connectivity index (χ4n) is 2.36. The van der Waals surface area contributed by atoms with E-state index in [0.717, 1.165) is 31.6 Å². The van der Waals surface area contributed by atoms with Crippen molar-refractivity contribution in [3.05, 3.63) is 23.4 Å². The van der Waals surface area contributed by atoms with Crippen LogP contribution in [0.2, 0.25) is 0 Å². The minimum atomic E-state index is 0.0671. The van der Waals surface area contributed by atoms with Crippen LogP contribution in [0.4, 0.5) is 5.82 Å². The average Bonchev–Trinajstić information content (AvgIpc) is 2.37. The first-order chi connectivity index (χ1) is 8.91. The Balaban J connectivity index is 2.14. The molecule has 2 rings (SSSR count). The molecule has 104 valence electrons. The molecule has 0 radical (unpaired) electrons. The molecule has 5 nitrogen and oxygen atoms in total. The Morgan fingerprint density at radius 3 is 2.58 bits per heavy atom. The lowest BCUT2D eigenvalue weighted by Gasteiger charge is -2.37. The normalized spacial score (nSPS) is 18.2. The van der Waals surface area contributed by atoms with Gasteiger partial charge in [0, 0.05) is 24.3 Å². The molecular weight excluding hydrogens is 240 g/mol. The van der Waals surface area contributed by atoms with Crippen LogP contribution in [0, 0.1) is 12.3 Å². The van der Waals surface area contributed by atoms with Gasteiger partial charge in [0.25, 0.3) is 5.91 Å². The predicted octanol–water partition coefficient (Wildman–Crippen LogP) is 1.94. The van der Waals surface area contributed by atoms with Crippen molar-refractivity contribution >= 4 is 11.7 Å². The van der Waals surface area contributed by atoms with Crippen molar-refractivity contribution in [2.45, 2.75) is 33.6 Å². The molecule has 0 spiro atoms. The average molecular weight is 262 g/mol. The van der Waals surface area contributed by atoms with Gasteiger partial charge in [0.15, 0.2) is 0 Å². The zero-order valence-electron chi connectivity index (χ0n) is 11.9. The number of nitrogens with two attached hydrogens (primary N) is 1. The topological polar surface area (TPSA) is 71.2 Å². The Hall–Kier alpha value is -1.62. The fourth-order valence-corrected chi connectivity index (χ4v) is 2.36. The van der Waals surface area contributed by atoms with Crippen molar-refractivity contribution in [1.82, 2.24) is 9.88 Å². The number of nitrogens with zero attached hydrogens (tertiary/aromatic N) is 2. The van der Waals surface area contributed by atoms with Crippen LogP contribution in [-0.2, 0) is 0 Å². The molecule has 5 heteroatoms. The monoisotopic (exact) mass is 262 g/mol. The maximum absolute atomic E-state index is 12.5. The van der Waals surface area contributed by atoms with Gasteiger partial charge in [0.2, 0.25) is 0 Å². The van der Waals surface area contributed by atoms with E-state index in [1.807, 2.05) is 17.9 Å². The van der Waals surface area contributed by atoms with Crippen molar-refractivity contribution in [3.8, 4) is 0 Å². The summed E-state index contributed by atoms with van der Waals surface area (Å²) in [7, 11) is 0. The van der Waals surface area contributed by atoms with Gasteiger partial charge in [0.1, 0.15) is 5.82 Å². The molecule has 1 saturated heterocycles. The number of likely N-dealkylation sites (tertiary alicyclic amines) is 1. The van der Waals surface area contributed by atoms with Crippen LogP contribution in [0.15, 0.2) is 12.1 Å². The quantitative estimate of drug-likeness (QED) is 0.631. The summed E-state index contributed by atoms with van der Waals surface area (Å²) >= 11 is 0. The van der Waals surface area contributed by atoms with Crippen LogP contribution in [-0.4, -0.2) is 28.9 Å². The molecule has 0 aromatic carbocycles. The molecule has 19 heavy (non-hydrogen) atoms. The van der Waals surface area contributed by atoms with E-state index >= 15 is 0 Å². The highest BCUT2D eigenvalue weighted by atomic mass is 16.2. The van der Waals surface area contributed by atoms with Crippen LogP contribution in [0.1, 0.15) is 42.7 Å². The zero-order valence-corrected chi connectivity index (χ0v) is 11.9. The summed E-state index contributed by atoms with van der Waals surface area (Å²) in [5.41, 5.74) is 4.28. The molecule has 0 unspecified atom stereocenters. The number of hydrogen-bond acceptors (Lipinski definition) is 4. The first-order valence-corrected chi connectivity index (χ1v) is 6.66. The van der Waals surface area contributed by atoms with Gasteiger partial charge in [-0.05, 0) is 37.3 Å². The third-order valence-corrected chi connectivity index (χ3v) is 3.75. The van der Waals surface area contributed by atoms with Crippen LogP contribution < -0.4 is 11.3 Å². The summed E-state index contributed by atoms with van der Waals surface area (Å²) in [6.45, 7) is 8.00.